The van der Waals surface area contributed by atoms with Crippen LogP contribution in [0.5, 0.6) is 0 Å². The van der Waals surface area contributed by atoms with Gasteiger partial charge in [0, 0.05) is 19.0 Å². The number of nitriles is 1. The van der Waals surface area contributed by atoms with E-state index in [-0.39, 0.29) is 5.41 Å². The Morgan fingerprint density at radius 3 is 2.45 bits per heavy atom. The maximum atomic E-state index is 8.75. The third kappa shape index (κ3) is 2.35. The normalized spacial score (nSPS) is 15.4. The first-order valence-electron chi connectivity index (χ1n) is 6.74. The van der Waals surface area contributed by atoms with Gasteiger partial charge in [0.1, 0.15) is 6.07 Å². The lowest BCUT2D eigenvalue weighted by Crippen LogP contribution is -2.29. The van der Waals surface area contributed by atoms with E-state index in [0.29, 0.717) is 5.69 Å². The molecule has 0 N–H and O–H groups in total. The van der Waals surface area contributed by atoms with Crippen molar-refractivity contribution in [3.8, 4) is 6.07 Å². The van der Waals surface area contributed by atoms with Crippen molar-refractivity contribution >= 4 is 5.82 Å². The largest absolute Gasteiger partial charge is 0.357 e. The van der Waals surface area contributed by atoms with Gasteiger partial charge in [0.2, 0.25) is 0 Å². The molecule has 1 aliphatic rings. The molecule has 0 spiro atoms. The average Bonchev–Trinajstić information content (AvgIpc) is 3.29. The van der Waals surface area contributed by atoms with Gasteiger partial charge >= 0.3 is 0 Å². The third-order valence-electron chi connectivity index (χ3n) is 3.94. The summed E-state index contributed by atoms with van der Waals surface area (Å²) in [6.45, 7) is 0.928. The molecule has 3 rings (SSSR count). The van der Waals surface area contributed by atoms with E-state index in [0.717, 1.165) is 12.4 Å². The number of rotatable bonds is 4. The van der Waals surface area contributed by atoms with Crippen LogP contribution in [0.2, 0.25) is 0 Å². The monoisotopic (exact) mass is 264 g/mol. The lowest BCUT2D eigenvalue weighted by Gasteiger charge is -2.24. The van der Waals surface area contributed by atoms with Crippen molar-refractivity contribution in [3.63, 3.8) is 0 Å². The van der Waals surface area contributed by atoms with Crippen molar-refractivity contribution in [3.05, 3.63) is 53.7 Å². The molecule has 0 unspecified atom stereocenters. The minimum Gasteiger partial charge on any atom is -0.357 e. The Bertz CT molecular complexity index is 624. The average molecular weight is 264 g/mol. The maximum Gasteiger partial charge on any atom is 0.163 e. The van der Waals surface area contributed by atoms with E-state index in [1.807, 2.05) is 19.2 Å². The summed E-state index contributed by atoms with van der Waals surface area (Å²) in [5, 5.41) is 16.7. The second kappa shape index (κ2) is 4.93. The summed E-state index contributed by atoms with van der Waals surface area (Å²) < 4.78 is 0. The van der Waals surface area contributed by atoms with Crippen LogP contribution >= 0.6 is 0 Å². The Kier molecular flexibility index (Phi) is 3.11. The van der Waals surface area contributed by atoms with E-state index < -0.39 is 0 Å². The predicted octanol–water partition coefficient (Wildman–Crippen LogP) is 2.52. The minimum absolute atomic E-state index is 0.256. The zero-order valence-corrected chi connectivity index (χ0v) is 11.5. The molecule has 1 aromatic heterocycles. The summed E-state index contributed by atoms with van der Waals surface area (Å²) in [4.78, 5) is 2.12. The SMILES string of the molecule is CN(CC1(c2ccccc2)CC1)c1ccc(C#N)nn1. The van der Waals surface area contributed by atoms with E-state index in [2.05, 4.69) is 45.4 Å². The molecular weight excluding hydrogens is 248 g/mol. The molecule has 1 aliphatic carbocycles. The molecular formula is C16H16N4. The molecule has 20 heavy (non-hydrogen) atoms. The Balaban J connectivity index is 1.76. The van der Waals surface area contributed by atoms with Gasteiger partial charge in [-0.25, -0.2) is 0 Å². The van der Waals surface area contributed by atoms with Crippen LogP contribution in [-0.4, -0.2) is 23.8 Å². The van der Waals surface area contributed by atoms with Crippen molar-refractivity contribution in [2.24, 2.45) is 0 Å². The molecule has 0 atom stereocenters. The smallest absolute Gasteiger partial charge is 0.163 e. The van der Waals surface area contributed by atoms with E-state index in [1.165, 1.54) is 18.4 Å². The van der Waals surface area contributed by atoms with Gasteiger partial charge in [0.25, 0.3) is 0 Å². The summed E-state index contributed by atoms with van der Waals surface area (Å²) in [5.41, 5.74) is 2.01. The quantitative estimate of drug-likeness (QED) is 0.851. The molecule has 0 saturated heterocycles. The van der Waals surface area contributed by atoms with Gasteiger partial charge in [-0.15, -0.1) is 10.2 Å². The first-order chi connectivity index (χ1) is 9.73. The van der Waals surface area contributed by atoms with Crippen LogP contribution in [0.3, 0.4) is 0 Å². The molecule has 0 bridgehead atoms. The minimum atomic E-state index is 0.256. The van der Waals surface area contributed by atoms with Crippen LogP contribution in [0.25, 0.3) is 0 Å². The number of hydrogen-bond acceptors (Lipinski definition) is 4. The Hall–Kier alpha value is -2.41. The lowest BCUT2D eigenvalue weighted by atomic mass is 9.95. The highest BCUT2D eigenvalue weighted by atomic mass is 15.2. The van der Waals surface area contributed by atoms with Crippen LogP contribution in [0.15, 0.2) is 42.5 Å². The molecule has 0 amide bonds. The fourth-order valence-electron chi connectivity index (χ4n) is 2.60. The summed E-state index contributed by atoms with van der Waals surface area (Å²) in [6, 6.07) is 16.2. The van der Waals surface area contributed by atoms with Crippen molar-refractivity contribution in [1.82, 2.24) is 10.2 Å². The van der Waals surface area contributed by atoms with Gasteiger partial charge in [0.15, 0.2) is 11.5 Å². The lowest BCUT2D eigenvalue weighted by molar-refractivity contribution is 0.665. The second-order valence-electron chi connectivity index (χ2n) is 5.39. The number of hydrogen-bond donors (Lipinski definition) is 0. The molecule has 0 radical (unpaired) electrons. The zero-order chi connectivity index (χ0) is 14.0. The molecule has 1 heterocycles. The molecule has 1 saturated carbocycles. The van der Waals surface area contributed by atoms with E-state index >= 15 is 0 Å². The van der Waals surface area contributed by atoms with Crippen LogP contribution in [0.1, 0.15) is 24.1 Å². The number of likely N-dealkylation sites (N-methyl/N-ethyl adjacent to an activating group) is 1. The zero-order valence-electron chi connectivity index (χ0n) is 11.5. The van der Waals surface area contributed by atoms with Gasteiger partial charge < -0.3 is 4.90 Å². The Morgan fingerprint density at radius 1 is 1.15 bits per heavy atom. The van der Waals surface area contributed by atoms with Crippen LogP contribution in [0.4, 0.5) is 5.82 Å². The first kappa shape index (κ1) is 12.6. The first-order valence-corrected chi connectivity index (χ1v) is 6.74. The number of nitrogens with zero attached hydrogens (tertiary/aromatic N) is 4. The predicted molar refractivity (Wildman–Crippen MR) is 77.4 cm³/mol. The molecule has 4 nitrogen and oxygen atoms in total. The number of aromatic nitrogens is 2. The van der Waals surface area contributed by atoms with E-state index in [4.69, 9.17) is 5.26 Å². The van der Waals surface area contributed by atoms with Crippen molar-refractivity contribution in [2.45, 2.75) is 18.3 Å². The van der Waals surface area contributed by atoms with E-state index in [9.17, 15) is 0 Å². The van der Waals surface area contributed by atoms with Crippen LogP contribution in [-0.2, 0) is 5.41 Å². The molecule has 100 valence electrons. The van der Waals surface area contributed by atoms with Crippen molar-refractivity contribution in [1.29, 1.82) is 5.26 Å². The fourth-order valence-corrected chi connectivity index (χ4v) is 2.60. The summed E-state index contributed by atoms with van der Waals surface area (Å²) >= 11 is 0. The Morgan fingerprint density at radius 2 is 1.90 bits per heavy atom. The second-order valence-corrected chi connectivity index (χ2v) is 5.39. The van der Waals surface area contributed by atoms with Crippen molar-refractivity contribution in [2.75, 3.05) is 18.5 Å². The van der Waals surface area contributed by atoms with Gasteiger partial charge in [-0.2, -0.15) is 5.26 Å². The highest BCUT2D eigenvalue weighted by Crippen LogP contribution is 2.48. The fraction of sp³-hybridized carbons (Fsp3) is 0.312. The van der Waals surface area contributed by atoms with Crippen LogP contribution < -0.4 is 4.90 Å². The summed E-state index contributed by atoms with van der Waals surface area (Å²) in [6.07, 6.45) is 2.43. The molecule has 0 aliphatic heterocycles. The standard InChI is InChI=1S/C16H16N4/c1-20(15-8-7-14(11-17)18-19-15)12-16(9-10-16)13-5-3-2-4-6-13/h2-8H,9-10,12H2,1H3. The topological polar surface area (TPSA) is 52.8 Å². The van der Waals surface area contributed by atoms with Gasteiger partial charge in [-0.05, 0) is 30.5 Å². The molecule has 1 fully saturated rings. The van der Waals surface area contributed by atoms with Crippen molar-refractivity contribution < 1.29 is 0 Å². The van der Waals surface area contributed by atoms with Crippen LogP contribution in [0, 0.1) is 11.3 Å². The molecule has 1 aromatic carbocycles. The van der Waals surface area contributed by atoms with Gasteiger partial charge in [-0.3, -0.25) is 0 Å². The Labute approximate surface area is 118 Å². The summed E-state index contributed by atoms with van der Waals surface area (Å²) in [5.74, 6) is 0.811. The maximum absolute atomic E-state index is 8.75. The molecule has 4 heteroatoms. The number of anilines is 1. The van der Waals surface area contributed by atoms with Gasteiger partial charge in [-0.1, -0.05) is 30.3 Å². The van der Waals surface area contributed by atoms with E-state index in [1.54, 1.807) is 6.07 Å². The highest BCUT2D eigenvalue weighted by Gasteiger charge is 2.45. The van der Waals surface area contributed by atoms with Gasteiger partial charge in [0.05, 0.1) is 0 Å². The number of benzene rings is 1. The molecule has 2 aromatic rings. The highest BCUT2D eigenvalue weighted by molar-refractivity contribution is 5.42. The third-order valence-corrected chi connectivity index (χ3v) is 3.94. The summed E-state index contributed by atoms with van der Waals surface area (Å²) in [7, 11) is 2.03.